The van der Waals surface area contributed by atoms with Crippen molar-refractivity contribution in [3.05, 3.63) is 0 Å². The smallest absolute Gasteiger partial charge is 0.409 e. The van der Waals surface area contributed by atoms with Crippen LogP contribution in [0.1, 0.15) is 65.2 Å². The second kappa shape index (κ2) is 8.05. The van der Waals surface area contributed by atoms with Crippen LogP contribution in [0.5, 0.6) is 0 Å². The number of fused-ring (bicyclic) bond motifs is 1. The Morgan fingerprint density at radius 1 is 1.08 bits per heavy atom. The van der Waals surface area contributed by atoms with Crippen molar-refractivity contribution in [2.24, 2.45) is 0 Å². The number of hydrogen-bond donors (Lipinski definition) is 0. The van der Waals surface area contributed by atoms with Crippen LogP contribution in [-0.2, 0) is 9.47 Å². The maximum absolute atomic E-state index is 12.4. The number of amides is 1. The van der Waals surface area contributed by atoms with Gasteiger partial charge in [0.2, 0.25) is 0 Å². The molecule has 2 atom stereocenters. The van der Waals surface area contributed by atoms with Crippen molar-refractivity contribution in [3.63, 3.8) is 0 Å². The van der Waals surface area contributed by atoms with Crippen molar-refractivity contribution in [1.82, 2.24) is 9.80 Å². The van der Waals surface area contributed by atoms with Crippen LogP contribution in [0.2, 0.25) is 0 Å². The SMILES string of the molecule is CC(C)OCC12CCCN1[C@H](COC(=O)N1CCCCCC1)CC2. The van der Waals surface area contributed by atoms with Crippen LogP contribution in [0.4, 0.5) is 4.79 Å². The van der Waals surface area contributed by atoms with Gasteiger partial charge in [-0.25, -0.2) is 4.79 Å². The normalized spacial score (nSPS) is 31.3. The minimum absolute atomic E-state index is 0.105. The fraction of sp³-hybridized carbons (Fsp3) is 0.947. The monoisotopic (exact) mass is 338 g/mol. The lowest BCUT2D eigenvalue weighted by molar-refractivity contribution is -0.0126. The molecular formula is C19H34N2O3. The zero-order chi connectivity index (χ0) is 17.0. The Morgan fingerprint density at radius 3 is 2.54 bits per heavy atom. The van der Waals surface area contributed by atoms with Crippen LogP contribution in [0.3, 0.4) is 0 Å². The quantitative estimate of drug-likeness (QED) is 0.770. The molecule has 3 aliphatic rings. The van der Waals surface area contributed by atoms with E-state index in [-0.39, 0.29) is 17.7 Å². The molecular weight excluding hydrogens is 304 g/mol. The van der Waals surface area contributed by atoms with E-state index in [2.05, 4.69) is 18.7 Å². The third kappa shape index (κ3) is 4.05. The lowest BCUT2D eigenvalue weighted by Crippen LogP contribution is -2.48. The van der Waals surface area contributed by atoms with E-state index in [1.165, 1.54) is 32.1 Å². The van der Waals surface area contributed by atoms with Crippen molar-refractivity contribution < 1.29 is 14.3 Å². The molecule has 0 spiro atoms. The minimum atomic E-state index is -0.105. The molecule has 5 heteroatoms. The molecule has 3 fully saturated rings. The Balaban J connectivity index is 1.50. The van der Waals surface area contributed by atoms with E-state index in [1.54, 1.807) is 0 Å². The number of ether oxygens (including phenoxy) is 2. The Labute approximate surface area is 146 Å². The zero-order valence-electron chi connectivity index (χ0n) is 15.5. The van der Waals surface area contributed by atoms with E-state index in [4.69, 9.17) is 9.47 Å². The highest BCUT2D eigenvalue weighted by molar-refractivity contribution is 5.67. The Morgan fingerprint density at radius 2 is 1.83 bits per heavy atom. The second-order valence-corrected chi connectivity index (χ2v) is 8.05. The molecule has 24 heavy (non-hydrogen) atoms. The van der Waals surface area contributed by atoms with E-state index in [9.17, 15) is 4.79 Å². The number of rotatable bonds is 5. The van der Waals surface area contributed by atoms with Gasteiger partial charge in [-0.05, 0) is 58.9 Å². The number of likely N-dealkylation sites (tertiary alicyclic amines) is 1. The minimum Gasteiger partial charge on any atom is -0.448 e. The molecule has 3 saturated heterocycles. The first-order chi connectivity index (χ1) is 11.6. The summed E-state index contributed by atoms with van der Waals surface area (Å²) >= 11 is 0. The highest BCUT2D eigenvalue weighted by Crippen LogP contribution is 2.42. The van der Waals surface area contributed by atoms with Crippen LogP contribution in [-0.4, -0.2) is 66.4 Å². The summed E-state index contributed by atoms with van der Waals surface area (Å²) in [4.78, 5) is 16.8. The van der Waals surface area contributed by atoms with Crippen molar-refractivity contribution in [2.45, 2.75) is 82.9 Å². The lowest BCUT2D eigenvalue weighted by atomic mass is 9.95. The maximum atomic E-state index is 12.4. The summed E-state index contributed by atoms with van der Waals surface area (Å²) in [5.74, 6) is 0. The predicted molar refractivity (Wildman–Crippen MR) is 94.2 cm³/mol. The van der Waals surface area contributed by atoms with Gasteiger partial charge in [-0.15, -0.1) is 0 Å². The third-order valence-electron chi connectivity index (χ3n) is 5.98. The van der Waals surface area contributed by atoms with Gasteiger partial charge in [-0.2, -0.15) is 0 Å². The molecule has 3 rings (SSSR count). The topological polar surface area (TPSA) is 42.0 Å². The Bertz CT molecular complexity index is 421. The van der Waals surface area contributed by atoms with E-state index < -0.39 is 0 Å². The summed E-state index contributed by atoms with van der Waals surface area (Å²) in [5, 5.41) is 0. The van der Waals surface area contributed by atoms with Crippen LogP contribution < -0.4 is 0 Å². The summed E-state index contributed by atoms with van der Waals surface area (Å²) in [5.41, 5.74) is 0.198. The average Bonchev–Trinajstić information content (AvgIpc) is 2.98. The fourth-order valence-electron chi connectivity index (χ4n) is 4.62. The van der Waals surface area contributed by atoms with E-state index in [0.29, 0.717) is 12.6 Å². The van der Waals surface area contributed by atoms with E-state index >= 15 is 0 Å². The standard InChI is InChI=1S/C19H34N2O3/c1-16(2)24-15-19-9-7-13-21(19)17(8-10-19)14-23-18(22)20-11-5-3-4-6-12-20/h16-17H,3-15H2,1-2H3/t17-,19?/m0/s1. The van der Waals surface area contributed by atoms with Crippen LogP contribution in [0, 0.1) is 0 Å². The van der Waals surface area contributed by atoms with Gasteiger partial charge in [0.05, 0.1) is 12.7 Å². The third-order valence-corrected chi connectivity index (χ3v) is 5.98. The number of hydrogen-bond acceptors (Lipinski definition) is 4. The summed E-state index contributed by atoms with van der Waals surface area (Å²) < 4.78 is 11.7. The van der Waals surface area contributed by atoms with Crippen LogP contribution >= 0.6 is 0 Å². The first kappa shape index (κ1) is 18.0. The highest BCUT2D eigenvalue weighted by Gasteiger charge is 2.49. The highest BCUT2D eigenvalue weighted by atomic mass is 16.6. The van der Waals surface area contributed by atoms with Gasteiger partial charge in [-0.1, -0.05) is 12.8 Å². The Hall–Kier alpha value is -0.810. The fourth-order valence-corrected chi connectivity index (χ4v) is 4.62. The molecule has 1 amide bonds. The molecule has 138 valence electrons. The number of carbonyl (C=O) groups excluding carboxylic acids is 1. The molecule has 1 unspecified atom stereocenters. The molecule has 5 nitrogen and oxygen atoms in total. The van der Waals surface area contributed by atoms with Gasteiger partial charge in [0, 0.05) is 24.7 Å². The number of nitrogens with zero attached hydrogens (tertiary/aromatic N) is 2. The molecule has 0 aliphatic carbocycles. The van der Waals surface area contributed by atoms with Crippen molar-refractivity contribution in [3.8, 4) is 0 Å². The zero-order valence-corrected chi connectivity index (χ0v) is 15.5. The molecule has 0 bridgehead atoms. The second-order valence-electron chi connectivity index (χ2n) is 8.05. The van der Waals surface area contributed by atoms with Gasteiger partial charge in [0.25, 0.3) is 0 Å². The van der Waals surface area contributed by atoms with Crippen LogP contribution in [0.25, 0.3) is 0 Å². The van der Waals surface area contributed by atoms with Gasteiger partial charge in [0.1, 0.15) is 6.61 Å². The largest absolute Gasteiger partial charge is 0.448 e. The molecule has 0 aromatic heterocycles. The molecule has 0 radical (unpaired) electrons. The summed E-state index contributed by atoms with van der Waals surface area (Å²) in [7, 11) is 0. The van der Waals surface area contributed by atoms with Crippen LogP contribution in [0.15, 0.2) is 0 Å². The van der Waals surface area contributed by atoms with Crippen molar-refractivity contribution in [1.29, 1.82) is 0 Å². The molecule has 3 heterocycles. The molecule has 0 aromatic rings. The van der Waals surface area contributed by atoms with E-state index in [1.807, 2.05) is 4.90 Å². The molecule has 0 saturated carbocycles. The summed E-state index contributed by atoms with van der Waals surface area (Å²) in [6.07, 6.45) is 9.61. The van der Waals surface area contributed by atoms with Gasteiger partial charge in [0.15, 0.2) is 0 Å². The lowest BCUT2D eigenvalue weighted by Gasteiger charge is -2.35. The molecule has 0 N–H and O–H groups in total. The predicted octanol–water partition coefficient (Wildman–Crippen LogP) is 3.42. The van der Waals surface area contributed by atoms with Gasteiger partial charge >= 0.3 is 6.09 Å². The van der Waals surface area contributed by atoms with Gasteiger partial charge < -0.3 is 14.4 Å². The maximum Gasteiger partial charge on any atom is 0.409 e. The number of carbonyl (C=O) groups is 1. The molecule has 3 aliphatic heterocycles. The summed E-state index contributed by atoms with van der Waals surface area (Å²) in [6, 6.07) is 0.374. The average molecular weight is 338 g/mol. The van der Waals surface area contributed by atoms with Crippen molar-refractivity contribution in [2.75, 3.05) is 32.8 Å². The van der Waals surface area contributed by atoms with Gasteiger partial charge in [-0.3, -0.25) is 4.90 Å². The summed E-state index contributed by atoms with van der Waals surface area (Å²) in [6.45, 7) is 8.41. The van der Waals surface area contributed by atoms with Crippen molar-refractivity contribution >= 4 is 6.09 Å². The first-order valence-corrected chi connectivity index (χ1v) is 9.91. The first-order valence-electron chi connectivity index (χ1n) is 9.91. The molecule has 0 aromatic carbocycles. The van der Waals surface area contributed by atoms with E-state index in [0.717, 1.165) is 45.5 Å². The Kier molecular flexibility index (Phi) is 6.03.